The second kappa shape index (κ2) is 3.31. The molecule has 0 aliphatic carbocycles. The number of halogens is 3. The number of aliphatic hydroxyl groups is 4. The Balaban J connectivity index is 2.96. The second-order valence-electron chi connectivity index (χ2n) is 2.99. The highest BCUT2D eigenvalue weighted by Gasteiger charge is 2.62. The van der Waals surface area contributed by atoms with Crippen LogP contribution in [0.3, 0.4) is 0 Å². The summed E-state index contributed by atoms with van der Waals surface area (Å²) in [5.74, 6) is -3.48. The lowest BCUT2D eigenvalue weighted by atomic mass is 9.97. The maximum absolute atomic E-state index is 13.1. The molecular formula is C6H9F3O5. The molecule has 0 radical (unpaired) electrons. The molecular weight excluding hydrogens is 209 g/mol. The van der Waals surface area contributed by atoms with Crippen molar-refractivity contribution in [2.75, 3.05) is 6.61 Å². The summed E-state index contributed by atoms with van der Waals surface area (Å²) in [7, 11) is 0. The van der Waals surface area contributed by atoms with Crippen LogP contribution in [0.25, 0.3) is 0 Å². The minimum absolute atomic E-state index is 1.56. The van der Waals surface area contributed by atoms with Crippen molar-refractivity contribution >= 4 is 0 Å². The summed E-state index contributed by atoms with van der Waals surface area (Å²) in [4.78, 5) is 0. The molecule has 1 rings (SSSR count). The van der Waals surface area contributed by atoms with E-state index in [1.54, 1.807) is 0 Å². The molecule has 4 N–H and O–H groups in total. The third-order valence-electron chi connectivity index (χ3n) is 1.95. The molecule has 84 valence electrons. The predicted octanol–water partition coefficient (Wildman–Crippen LogP) is -1.65. The normalized spacial score (nSPS) is 47.8. The summed E-state index contributed by atoms with van der Waals surface area (Å²) >= 11 is 0. The van der Waals surface area contributed by atoms with Crippen LogP contribution in [-0.4, -0.2) is 57.3 Å². The topological polar surface area (TPSA) is 90.2 Å². The lowest BCUT2D eigenvalue weighted by Crippen LogP contribution is -2.66. The van der Waals surface area contributed by atoms with Crippen LogP contribution in [-0.2, 0) is 4.74 Å². The Labute approximate surface area is 76.3 Å². The molecule has 1 fully saturated rings. The Morgan fingerprint density at radius 3 is 2.00 bits per heavy atom. The molecule has 1 aliphatic heterocycles. The number of aliphatic hydroxyl groups excluding tert-OH is 4. The van der Waals surface area contributed by atoms with E-state index in [2.05, 4.69) is 4.74 Å². The van der Waals surface area contributed by atoms with Gasteiger partial charge < -0.3 is 20.4 Å². The Morgan fingerprint density at radius 2 is 1.57 bits per heavy atom. The first-order valence-electron chi connectivity index (χ1n) is 3.66. The quantitative estimate of drug-likeness (QED) is 0.423. The van der Waals surface area contributed by atoms with Crippen LogP contribution < -0.4 is 0 Å². The van der Waals surface area contributed by atoms with Crippen molar-refractivity contribution in [1.82, 2.24) is 0 Å². The minimum atomic E-state index is -4.36. The molecule has 0 saturated carbocycles. The summed E-state index contributed by atoms with van der Waals surface area (Å²) in [6.45, 7) is -1.56. The van der Waals surface area contributed by atoms with Crippen molar-refractivity contribution in [3.63, 3.8) is 0 Å². The van der Waals surface area contributed by atoms with Crippen molar-refractivity contribution in [2.45, 2.75) is 30.3 Å². The molecule has 0 unspecified atom stereocenters. The van der Waals surface area contributed by atoms with Gasteiger partial charge in [-0.1, -0.05) is 0 Å². The Hall–Kier alpha value is -0.410. The van der Waals surface area contributed by atoms with Crippen molar-refractivity contribution in [1.29, 1.82) is 0 Å². The fraction of sp³-hybridized carbons (Fsp3) is 1.00. The Kier molecular flexibility index (Phi) is 2.76. The highest BCUT2D eigenvalue weighted by atomic mass is 19.3. The zero-order valence-corrected chi connectivity index (χ0v) is 6.77. The number of hydrogen-bond acceptors (Lipinski definition) is 5. The van der Waals surface area contributed by atoms with E-state index < -0.39 is 36.9 Å². The molecule has 14 heavy (non-hydrogen) atoms. The van der Waals surface area contributed by atoms with Crippen LogP contribution >= 0.6 is 0 Å². The summed E-state index contributed by atoms with van der Waals surface area (Å²) in [5.41, 5.74) is 0. The number of rotatable bonds is 1. The molecule has 0 amide bonds. The zero-order chi connectivity index (χ0) is 11.1. The third-order valence-corrected chi connectivity index (χ3v) is 1.95. The molecule has 1 saturated heterocycles. The molecule has 0 spiro atoms. The van der Waals surface area contributed by atoms with Crippen molar-refractivity contribution in [3.05, 3.63) is 0 Å². The SMILES string of the molecule is OC[C@@]1(F)OC(F)(F)[C@H](O)[C@@H](O)[C@@H]1O. The van der Waals surface area contributed by atoms with Gasteiger partial charge in [0.1, 0.15) is 18.8 Å². The van der Waals surface area contributed by atoms with E-state index in [-0.39, 0.29) is 0 Å². The average Bonchev–Trinajstić information content (AvgIpc) is 2.11. The average molecular weight is 218 g/mol. The maximum atomic E-state index is 13.1. The standard InChI is InChI=1S/C6H9F3O5/c7-5(1-10)3(12)2(11)4(13)6(8,9)14-5/h2-4,10-13H,1H2/t2-,3-,4+,5+/m0/s1. The van der Waals surface area contributed by atoms with Gasteiger partial charge in [-0.05, 0) is 0 Å². The fourth-order valence-electron chi connectivity index (χ4n) is 1.10. The number of ether oxygens (including phenoxy) is 1. The predicted molar refractivity (Wildman–Crippen MR) is 35.0 cm³/mol. The van der Waals surface area contributed by atoms with E-state index in [1.807, 2.05) is 0 Å². The summed E-state index contributed by atoms with van der Waals surface area (Å²) < 4.78 is 41.8. The van der Waals surface area contributed by atoms with E-state index >= 15 is 0 Å². The van der Waals surface area contributed by atoms with Crippen molar-refractivity contribution in [3.8, 4) is 0 Å². The maximum Gasteiger partial charge on any atom is 0.386 e. The fourth-order valence-corrected chi connectivity index (χ4v) is 1.10. The minimum Gasteiger partial charge on any atom is -0.390 e. The van der Waals surface area contributed by atoms with Crippen LogP contribution in [0.15, 0.2) is 0 Å². The Bertz CT molecular complexity index is 226. The number of alkyl halides is 3. The molecule has 0 bridgehead atoms. The van der Waals surface area contributed by atoms with E-state index in [9.17, 15) is 13.2 Å². The van der Waals surface area contributed by atoms with Crippen molar-refractivity contribution < 1.29 is 38.3 Å². The molecule has 0 aromatic rings. The zero-order valence-electron chi connectivity index (χ0n) is 6.77. The first kappa shape index (κ1) is 11.7. The van der Waals surface area contributed by atoms with Gasteiger partial charge in [-0.15, -0.1) is 0 Å². The monoisotopic (exact) mass is 218 g/mol. The molecule has 8 heteroatoms. The number of hydrogen-bond donors (Lipinski definition) is 4. The van der Waals surface area contributed by atoms with Gasteiger partial charge in [0.2, 0.25) is 0 Å². The lowest BCUT2D eigenvalue weighted by molar-refractivity contribution is -0.432. The summed E-state index contributed by atoms with van der Waals surface area (Å²) in [5, 5.41) is 34.8. The van der Waals surface area contributed by atoms with Crippen LogP contribution in [0.5, 0.6) is 0 Å². The molecule has 5 nitrogen and oxygen atoms in total. The van der Waals surface area contributed by atoms with Gasteiger partial charge in [-0.3, -0.25) is 4.74 Å². The third kappa shape index (κ3) is 1.59. The molecule has 1 aliphatic rings. The second-order valence-corrected chi connectivity index (χ2v) is 2.99. The van der Waals surface area contributed by atoms with Crippen LogP contribution in [0.1, 0.15) is 0 Å². The molecule has 0 aromatic carbocycles. The van der Waals surface area contributed by atoms with Crippen LogP contribution in [0, 0.1) is 0 Å². The first-order valence-corrected chi connectivity index (χ1v) is 3.66. The molecule has 1 heterocycles. The van der Waals surface area contributed by atoms with Crippen LogP contribution in [0.4, 0.5) is 13.2 Å². The van der Waals surface area contributed by atoms with Gasteiger partial charge in [0.15, 0.2) is 6.10 Å². The van der Waals surface area contributed by atoms with Gasteiger partial charge in [-0.2, -0.15) is 8.78 Å². The van der Waals surface area contributed by atoms with Gasteiger partial charge in [0.05, 0.1) is 0 Å². The van der Waals surface area contributed by atoms with Crippen molar-refractivity contribution in [2.24, 2.45) is 0 Å². The summed E-state index contributed by atoms with van der Waals surface area (Å²) in [6, 6.07) is 0. The smallest absolute Gasteiger partial charge is 0.386 e. The largest absolute Gasteiger partial charge is 0.390 e. The van der Waals surface area contributed by atoms with Gasteiger partial charge in [0, 0.05) is 0 Å². The highest BCUT2D eigenvalue weighted by molar-refractivity contribution is 4.96. The van der Waals surface area contributed by atoms with E-state index in [0.29, 0.717) is 0 Å². The highest BCUT2D eigenvalue weighted by Crippen LogP contribution is 2.38. The Morgan fingerprint density at radius 1 is 1.07 bits per heavy atom. The summed E-state index contributed by atoms with van der Waals surface area (Å²) in [6.07, 6.45) is -12.0. The molecule has 0 aromatic heterocycles. The lowest BCUT2D eigenvalue weighted by Gasteiger charge is -2.42. The first-order chi connectivity index (χ1) is 6.24. The van der Waals surface area contributed by atoms with Gasteiger partial charge >= 0.3 is 6.11 Å². The van der Waals surface area contributed by atoms with Gasteiger partial charge in [-0.25, -0.2) is 4.39 Å². The van der Waals surface area contributed by atoms with E-state index in [4.69, 9.17) is 20.4 Å². The molecule has 4 atom stereocenters. The van der Waals surface area contributed by atoms with Crippen LogP contribution in [0.2, 0.25) is 0 Å². The van der Waals surface area contributed by atoms with E-state index in [1.165, 1.54) is 0 Å². The van der Waals surface area contributed by atoms with E-state index in [0.717, 1.165) is 0 Å². The van der Waals surface area contributed by atoms with Gasteiger partial charge in [0.25, 0.3) is 5.85 Å².